The molecule has 4 unspecified atom stereocenters. The van der Waals surface area contributed by atoms with Crippen LogP contribution >= 0.6 is 0 Å². The average molecular weight is 1010 g/mol. The molecule has 17 heteroatoms. The second-order valence-corrected chi connectivity index (χ2v) is 25.2. The van der Waals surface area contributed by atoms with Gasteiger partial charge in [0.2, 0.25) is 0 Å². The molecule has 3 saturated carbocycles. The molecule has 0 bridgehead atoms. The second-order valence-electron chi connectivity index (χ2n) is 25.2. The highest BCUT2D eigenvalue weighted by Gasteiger charge is 2.67. The van der Waals surface area contributed by atoms with E-state index < -0.39 is 97.9 Å². The largest absolute Gasteiger partial charge is 0.394 e. The molecule has 8 aliphatic rings. The van der Waals surface area contributed by atoms with Crippen molar-refractivity contribution < 1.29 is 83.9 Å². The van der Waals surface area contributed by atoms with E-state index in [9.17, 15) is 46.0 Å². The van der Waals surface area contributed by atoms with Gasteiger partial charge in [0.15, 0.2) is 25.2 Å². The number of hydrogen-bond acceptors (Lipinski definition) is 17. The van der Waals surface area contributed by atoms with Crippen molar-refractivity contribution >= 4 is 0 Å². The first-order valence-corrected chi connectivity index (χ1v) is 27.3. The van der Waals surface area contributed by atoms with Gasteiger partial charge in [0.25, 0.3) is 0 Å². The molecule has 4 aliphatic heterocycles. The van der Waals surface area contributed by atoms with Crippen molar-refractivity contribution in [3.63, 3.8) is 0 Å². The molecule has 4 aliphatic carbocycles. The van der Waals surface area contributed by atoms with Gasteiger partial charge in [-0.05, 0) is 112 Å². The maximum atomic E-state index is 11.7. The third kappa shape index (κ3) is 11.3. The van der Waals surface area contributed by atoms with Gasteiger partial charge in [0, 0.05) is 43.9 Å². The van der Waals surface area contributed by atoms with E-state index in [1.165, 1.54) is 5.57 Å². The second kappa shape index (κ2) is 22.2. The lowest BCUT2D eigenvalue weighted by Gasteiger charge is -2.66. The van der Waals surface area contributed by atoms with Crippen molar-refractivity contribution in [3.8, 4) is 0 Å². The zero-order valence-electron chi connectivity index (χ0n) is 43.9. The molecule has 17 nitrogen and oxygen atoms in total. The van der Waals surface area contributed by atoms with Crippen LogP contribution in [0.2, 0.25) is 0 Å². The lowest BCUT2D eigenvalue weighted by Crippen LogP contribution is -2.59. The van der Waals surface area contributed by atoms with Gasteiger partial charge < -0.3 is 83.9 Å². The number of aliphatic hydroxyl groups excluding tert-OH is 8. The van der Waals surface area contributed by atoms with Gasteiger partial charge in [0.1, 0.15) is 12.2 Å². The summed E-state index contributed by atoms with van der Waals surface area (Å²) in [6.07, 6.45) is -0.667. The molecule has 0 amide bonds. The van der Waals surface area contributed by atoms with Crippen molar-refractivity contribution in [3.05, 3.63) is 11.6 Å². The van der Waals surface area contributed by atoms with Crippen LogP contribution < -0.4 is 0 Å². The number of rotatable bonds is 17. The minimum Gasteiger partial charge on any atom is -0.394 e. The number of ether oxygens (including phenoxy) is 8. The summed E-state index contributed by atoms with van der Waals surface area (Å²) in [4.78, 5) is 0. The minimum absolute atomic E-state index is 0.0432. The number of allylic oxidation sites excluding steroid dienone is 1. The highest BCUT2D eigenvalue weighted by atomic mass is 16.8. The van der Waals surface area contributed by atoms with Crippen LogP contribution in [0.5, 0.6) is 0 Å². The standard InChI is InChI=1S/C54H92O17/c1-29(36-15-16-54(8)41-12-10-37-38(52(41,6)17-18-53(36,54)7)11-14-42(50(37,2)3)69-44-20-30(59)19-32(25-55)64-44)9-13-43(51(4,5)63)70-49-47(40(61)23-35(28-58)68-49)71-45-24-31(21-33(26-56)65-45)66-48-46(62)39(60)22-34(27-57)67-48/h10,29-36,38-49,55-63H,9,11-28H2,1-8H3/t29-,30+,31+,32+,33+,34+,35+,36?,38?,39+,40+,41?,42+,43-,44+,45+,46-,47?,48-,49+,52+,53-,54+/m1/s1. The van der Waals surface area contributed by atoms with Crippen LogP contribution in [0.3, 0.4) is 0 Å². The van der Waals surface area contributed by atoms with Gasteiger partial charge in [-0.15, -0.1) is 0 Å². The van der Waals surface area contributed by atoms with Gasteiger partial charge in [-0.2, -0.15) is 0 Å². The van der Waals surface area contributed by atoms with Crippen molar-refractivity contribution in [2.75, 3.05) is 26.4 Å². The molecule has 0 aromatic rings. The predicted molar refractivity (Wildman–Crippen MR) is 258 cm³/mol. The van der Waals surface area contributed by atoms with E-state index in [0.717, 1.165) is 51.4 Å². The van der Waals surface area contributed by atoms with Crippen molar-refractivity contribution in [1.29, 1.82) is 0 Å². The fourth-order valence-corrected chi connectivity index (χ4v) is 15.6. The summed E-state index contributed by atoms with van der Waals surface area (Å²) >= 11 is 0. The number of fused-ring (bicyclic) bond motifs is 5. The molecule has 8 rings (SSSR count). The summed E-state index contributed by atoms with van der Waals surface area (Å²) in [5.41, 5.74) is 0.356. The monoisotopic (exact) mass is 1010 g/mol. The Kier molecular flexibility index (Phi) is 17.6. The predicted octanol–water partition coefficient (Wildman–Crippen LogP) is 3.97. The van der Waals surface area contributed by atoms with E-state index in [1.54, 1.807) is 13.8 Å². The molecule has 23 atom stereocenters. The van der Waals surface area contributed by atoms with E-state index in [2.05, 4.69) is 47.6 Å². The number of hydrogen-bond donors (Lipinski definition) is 9. The highest BCUT2D eigenvalue weighted by Crippen LogP contribution is 2.75. The Hall–Kier alpha value is -0.940. The van der Waals surface area contributed by atoms with Crippen LogP contribution in [0.4, 0.5) is 0 Å². The lowest BCUT2D eigenvalue weighted by atomic mass is 9.39. The Labute approximate surface area is 421 Å². The topological polar surface area (TPSA) is 256 Å². The summed E-state index contributed by atoms with van der Waals surface area (Å²) in [6, 6.07) is 0. The first-order chi connectivity index (χ1) is 33.5. The summed E-state index contributed by atoms with van der Waals surface area (Å²) < 4.78 is 50.1. The molecular formula is C54H92O17. The minimum atomic E-state index is -1.36. The molecule has 0 radical (unpaired) electrons. The molecule has 4 heterocycles. The average Bonchev–Trinajstić information content (AvgIpc) is 3.60. The van der Waals surface area contributed by atoms with E-state index in [0.29, 0.717) is 42.9 Å². The van der Waals surface area contributed by atoms with E-state index in [-0.39, 0.29) is 79.9 Å². The third-order valence-electron chi connectivity index (χ3n) is 19.9. The van der Waals surface area contributed by atoms with E-state index >= 15 is 0 Å². The smallest absolute Gasteiger partial charge is 0.187 e. The normalized spacial score (nSPS) is 47.9. The Bertz CT molecular complexity index is 1780. The quantitative estimate of drug-likeness (QED) is 0.0935. The summed E-state index contributed by atoms with van der Waals surface area (Å²) in [6.45, 7) is 16.9. The third-order valence-corrected chi connectivity index (χ3v) is 19.9. The SMILES string of the molecule is C[C@H](CC[C@@H](O[C@@H]1O[C@H](CO)C[C@H](O)C1O[C@H]1C[C@@H](O[C@@H]2O[C@H](CO)C[C@H](O)[C@H]2O)C[C@@H](CO)O1)C(C)(C)O)C1CC[C@@]2(C)C3CC=C4C(CC[C@H](O[C@H]5C[C@@H](O)C[C@@H](CO)O5)C4(C)C)[C@]3(C)CC[C@]12C. The van der Waals surface area contributed by atoms with Crippen molar-refractivity contribution in [2.45, 2.75) is 256 Å². The molecule has 0 aromatic heterocycles. The molecule has 9 N–H and O–H groups in total. The van der Waals surface area contributed by atoms with Gasteiger partial charge in [-0.1, -0.05) is 53.2 Å². The summed E-state index contributed by atoms with van der Waals surface area (Å²) in [5, 5.41) is 94.7. The zero-order valence-corrected chi connectivity index (χ0v) is 43.9. The molecular weight excluding hydrogens is 921 g/mol. The Morgan fingerprint density at radius 2 is 1.28 bits per heavy atom. The first-order valence-electron chi connectivity index (χ1n) is 27.3. The van der Waals surface area contributed by atoms with Crippen LogP contribution in [-0.4, -0.2) is 176 Å². The molecule has 0 aromatic carbocycles. The fourth-order valence-electron chi connectivity index (χ4n) is 15.6. The first kappa shape index (κ1) is 56.3. The van der Waals surface area contributed by atoms with Gasteiger partial charge >= 0.3 is 0 Å². The maximum absolute atomic E-state index is 11.7. The molecule has 71 heavy (non-hydrogen) atoms. The van der Waals surface area contributed by atoms with Crippen LogP contribution in [0.25, 0.3) is 0 Å². The van der Waals surface area contributed by atoms with Gasteiger partial charge in [0.05, 0.1) is 93.1 Å². The molecule has 7 fully saturated rings. The van der Waals surface area contributed by atoms with Crippen LogP contribution in [-0.2, 0) is 37.9 Å². The van der Waals surface area contributed by atoms with E-state index in [1.807, 2.05) is 0 Å². The molecule has 410 valence electrons. The molecule has 4 saturated heterocycles. The fraction of sp³-hybridized carbons (Fsp3) is 0.963. The summed E-state index contributed by atoms with van der Waals surface area (Å²) in [5.74, 6) is 1.75. The zero-order chi connectivity index (χ0) is 51.4. The van der Waals surface area contributed by atoms with Crippen molar-refractivity contribution in [2.24, 2.45) is 45.3 Å². The van der Waals surface area contributed by atoms with Crippen LogP contribution in [0.15, 0.2) is 11.6 Å². The Morgan fingerprint density at radius 3 is 1.94 bits per heavy atom. The lowest BCUT2D eigenvalue weighted by molar-refractivity contribution is -0.349. The molecule has 0 spiro atoms. The Balaban J connectivity index is 0.924. The maximum Gasteiger partial charge on any atom is 0.187 e. The Morgan fingerprint density at radius 1 is 0.662 bits per heavy atom. The van der Waals surface area contributed by atoms with Crippen molar-refractivity contribution in [1.82, 2.24) is 0 Å². The van der Waals surface area contributed by atoms with Crippen LogP contribution in [0, 0.1) is 45.3 Å². The van der Waals surface area contributed by atoms with Gasteiger partial charge in [-0.3, -0.25) is 0 Å². The van der Waals surface area contributed by atoms with E-state index in [4.69, 9.17) is 37.9 Å². The summed E-state index contributed by atoms with van der Waals surface area (Å²) in [7, 11) is 0. The number of aliphatic hydroxyl groups is 9. The highest BCUT2D eigenvalue weighted by molar-refractivity contribution is 5.30. The van der Waals surface area contributed by atoms with Crippen LogP contribution in [0.1, 0.15) is 152 Å². The van der Waals surface area contributed by atoms with Gasteiger partial charge in [-0.25, -0.2) is 0 Å².